The zero-order valence-electron chi connectivity index (χ0n) is 5.56. The second-order valence-electron chi connectivity index (χ2n) is 1.97. The Hall–Kier alpha value is -0.850. The summed E-state index contributed by atoms with van der Waals surface area (Å²) < 4.78 is 35.9. The van der Waals surface area contributed by atoms with E-state index in [1.807, 2.05) is 0 Å². The Balaban J connectivity index is 3.23. The van der Waals surface area contributed by atoms with E-state index in [1.165, 1.54) is 0 Å². The maximum absolute atomic E-state index is 12.1. The quantitative estimate of drug-likeness (QED) is 0.755. The molecule has 7 heteroatoms. The van der Waals surface area contributed by atoms with Crippen molar-refractivity contribution in [1.82, 2.24) is 10.2 Å². The monoisotopic (exact) mass is 241 g/mol. The molecule has 0 amide bonds. The van der Waals surface area contributed by atoms with E-state index < -0.39 is 11.7 Å². The highest BCUT2D eigenvalue weighted by atomic mass is 79.9. The van der Waals surface area contributed by atoms with E-state index >= 15 is 0 Å². The minimum Gasteiger partial charge on any atom is -0.382 e. The van der Waals surface area contributed by atoms with E-state index in [-0.39, 0.29) is 10.4 Å². The Morgan fingerprint density at radius 3 is 2.33 bits per heavy atom. The van der Waals surface area contributed by atoms with Gasteiger partial charge in [0.1, 0.15) is 10.4 Å². The normalized spacial score (nSPS) is 11.7. The molecule has 0 saturated heterocycles. The first kappa shape index (κ1) is 9.24. The van der Waals surface area contributed by atoms with Crippen LogP contribution in [-0.2, 0) is 6.18 Å². The van der Waals surface area contributed by atoms with Gasteiger partial charge >= 0.3 is 6.18 Å². The van der Waals surface area contributed by atoms with E-state index in [1.54, 1.807) is 0 Å². The molecule has 1 aromatic rings. The van der Waals surface area contributed by atoms with Gasteiger partial charge in [-0.3, -0.25) is 0 Å². The van der Waals surface area contributed by atoms with E-state index in [9.17, 15) is 13.2 Å². The van der Waals surface area contributed by atoms with E-state index in [4.69, 9.17) is 5.73 Å². The maximum Gasteiger partial charge on any atom is 0.419 e. The van der Waals surface area contributed by atoms with Crippen LogP contribution in [0.2, 0.25) is 0 Å². The second kappa shape index (κ2) is 2.89. The first-order chi connectivity index (χ1) is 5.41. The molecule has 0 unspecified atom stereocenters. The van der Waals surface area contributed by atoms with Crippen LogP contribution in [0.4, 0.5) is 19.0 Å². The zero-order chi connectivity index (χ0) is 9.35. The molecule has 2 N–H and O–H groups in total. The molecule has 0 aliphatic carbocycles. The Labute approximate surface area is 73.9 Å². The average Bonchev–Trinajstić information content (AvgIpc) is 1.92. The van der Waals surface area contributed by atoms with Gasteiger partial charge in [-0.05, 0) is 22.0 Å². The molecule has 0 spiro atoms. The molecule has 0 saturated carbocycles. The van der Waals surface area contributed by atoms with Crippen molar-refractivity contribution >= 4 is 21.7 Å². The number of anilines is 1. The van der Waals surface area contributed by atoms with Crippen LogP contribution in [-0.4, -0.2) is 10.2 Å². The highest BCUT2D eigenvalue weighted by Gasteiger charge is 2.34. The highest BCUT2D eigenvalue weighted by molar-refractivity contribution is 9.10. The van der Waals surface area contributed by atoms with Crippen LogP contribution in [0, 0.1) is 0 Å². The Bertz CT molecular complexity index is 298. The Kier molecular flexibility index (Phi) is 2.22. The fourth-order valence-corrected chi connectivity index (χ4v) is 1.01. The van der Waals surface area contributed by atoms with Gasteiger partial charge in [-0.25, -0.2) is 0 Å². The van der Waals surface area contributed by atoms with Gasteiger partial charge in [0.25, 0.3) is 0 Å². The van der Waals surface area contributed by atoms with Crippen LogP contribution in [0.5, 0.6) is 0 Å². The molecule has 0 aromatic carbocycles. The van der Waals surface area contributed by atoms with Gasteiger partial charge in [0.05, 0.1) is 5.56 Å². The number of hydrogen-bond acceptors (Lipinski definition) is 3. The fourth-order valence-electron chi connectivity index (χ4n) is 0.591. The number of nitrogens with two attached hydrogens (primary N) is 1. The topological polar surface area (TPSA) is 51.8 Å². The minimum absolute atomic E-state index is 0.259. The third-order valence-corrected chi connectivity index (χ3v) is 1.66. The summed E-state index contributed by atoms with van der Waals surface area (Å²) in [5.74, 6) is -0.259. The van der Waals surface area contributed by atoms with Crippen LogP contribution in [0.1, 0.15) is 5.56 Å². The third kappa shape index (κ3) is 1.84. The van der Waals surface area contributed by atoms with Crippen molar-refractivity contribution in [2.75, 3.05) is 5.73 Å². The lowest BCUT2D eigenvalue weighted by molar-refractivity contribution is -0.138. The lowest BCUT2D eigenvalue weighted by Gasteiger charge is -2.07. The average molecular weight is 242 g/mol. The highest BCUT2D eigenvalue weighted by Crippen LogP contribution is 2.33. The van der Waals surface area contributed by atoms with Crippen LogP contribution >= 0.6 is 15.9 Å². The molecule has 0 aliphatic rings. The first-order valence-corrected chi connectivity index (χ1v) is 3.56. The number of alkyl halides is 3. The van der Waals surface area contributed by atoms with Gasteiger partial charge in [0, 0.05) is 0 Å². The molecule has 0 radical (unpaired) electrons. The number of nitrogens with zero attached hydrogens (tertiary/aromatic N) is 2. The molecule has 0 aliphatic heterocycles. The van der Waals surface area contributed by atoms with Crippen LogP contribution in [0.15, 0.2) is 10.7 Å². The number of rotatable bonds is 0. The van der Waals surface area contributed by atoms with Gasteiger partial charge in [0.2, 0.25) is 0 Å². The fraction of sp³-hybridized carbons (Fsp3) is 0.200. The van der Waals surface area contributed by atoms with Crippen LogP contribution in [0.25, 0.3) is 0 Å². The summed E-state index contributed by atoms with van der Waals surface area (Å²) in [6, 6.07) is 0.719. The van der Waals surface area contributed by atoms with Crippen molar-refractivity contribution in [2.24, 2.45) is 0 Å². The molecule has 0 bridgehead atoms. The Morgan fingerprint density at radius 2 is 1.92 bits per heavy atom. The summed E-state index contributed by atoms with van der Waals surface area (Å²) in [5, 5.41) is 6.40. The molecule has 0 atom stereocenters. The molecule has 0 fully saturated rings. The Morgan fingerprint density at radius 1 is 1.33 bits per heavy atom. The summed E-state index contributed by atoms with van der Waals surface area (Å²) in [4.78, 5) is 0. The summed E-state index contributed by atoms with van der Waals surface area (Å²) >= 11 is 2.62. The van der Waals surface area contributed by atoms with Gasteiger partial charge in [-0.2, -0.15) is 13.2 Å². The van der Waals surface area contributed by atoms with Crippen molar-refractivity contribution in [3.63, 3.8) is 0 Å². The second-order valence-corrected chi connectivity index (χ2v) is 2.72. The summed E-state index contributed by atoms with van der Waals surface area (Å²) in [6.07, 6.45) is -4.46. The van der Waals surface area contributed by atoms with Crippen molar-refractivity contribution in [3.05, 3.63) is 16.2 Å². The van der Waals surface area contributed by atoms with Gasteiger partial charge in [0.15, 0.2) is 0 Å². The molecular weight excluding hydrogens is 239 g/mol. The number of hydrogen-bond donors (Lipinski definition) is 1. The molecule has 66 valence electrons. The van der Waals surface area contributed by atoms with Gasteiger partial charge < -0.3 is 5.73 Å². The van der Waals surface area contributed by atoms with Crippen molar-refractivity contribution in [2.45, 2.75) is 6.18 Å². The number of aromatic nitrogens is 2. The lowest BCUT2D eigenvalue weighted by atomic mass is 10.3. The molecule has 1 aromatic heterocycles. The summed E-state index contributed by atoms with van der Waals surface area (Å²) in [6.45, 7) is 0. The zero-order valence-corrected chi connectivity index (χ0v) is 7.15. The molecule has 3 nitrogen and oxygen atoms in total. The molecule has 1 heterocycles. The van der Waals surface area contributed by atoms with Crippen LogP contribution < -0.4 is 5.73 Å². The van der Waals surface area contributed by atoms with E-state index in [0.29, 0.717) is 0 Å². The maximum atomic E-state index is 12.1. The summed E-state index contributed by atoms with van der Waals surface area (Å²) in [7, 11) is 0. The number of nitrogen functional groups attached to an aromatic ring is 1. The molecular formula is C5H3BrF3N3. The van der Waals surface area contributed by atoms with Crippen molar-refractivity contribution in [3.8, 4) is 0 Å². The lowest BCUT2D eigenvalue weighted by Crippen LogP contribution is -2.09. The molecule has 12 heavy (non-hydrogen) atoms. The van der Waals surface area contributed by atoms with E-state index in [0.717, 1.165) is 6.07 Å². The largest absolute Gasteiger partial charge is 0.419 e. The standard InChI is InChI=1S/C5H3BrF3N3/c6-4-2(5(7,8)9)1-3(10)11-12-4/h1H,(H2,10,11). The van der Waals surface area contributed by atoms with E-state index in [2.05, 4.69) is 26.1 Å². The predicted octanol–water partition coefficient (Wildman–Crippen LogP) is 1.84. The van der Waals surface area contributed by atoms with Crippen molar-refractivity contribution in [1.29, 1.82) is 0 Å². The first-order valence-electron chi connectivity index (χ1n) is 2.77. The third-order valence-electron chi connectivity index (χ3n) is 1.07. The smallest absolute Gasteiger partial charge is 0.382 e. The molecule has 1 rings (SSSR count). The predicted molar refractivity (Wildman–Crippen MR) is 39.1 cm³/mol. The van der Waals surface area contributed by atoms with Gasteiger partial charge in [-0.1, -0.05) is 0 Å². The van der Waals surface area contributed by atoms with Crippen LogP contribution in [0.3, 0.4) is 0 Å². The van der Waals surface area contributed by atoms with Crippen molar-refractivity contribution < 1.29 is 13.2 Å². The minimum atomic E-state index is -4.46. The van der Waals surface area contributed by atoms with Gasteiger partial charge in [-0.15, -0.1) is 10.2 Å². The SMILES string of the molecule is Nc1cc(C(F)(F)F)c(Br)nn1. The summed E-state index contributed by atoms with van der Waals surface area (Å²) in [5.41, 5.74) is 4.11. The number of halogens is 4.